The Morgan fingerprint density at radius 2 is 1.83 bits per heavy atom. The number of amides is 1. The van der Waals surface area contributed by atoms with Crippen molar-refractivity contribution in [3.8, 4) is 0 Å². The summed E-state index contributed by atoms with van der Waals surface area (Å²) >= 11 is 0. The SMILES string of the molecule is COC(=O)c1ccccc1NC(=O)c1c[nH]c2ccc(F)c(F)c12. The van der Waals surface area contributed by atoms with Gasteiger partial charge in [-0.3, -0.25) is 4.79 Å². The molecule has 0 aliphatic carbocycles. The number of ether oxygens (including phenoxy) is 1. The zero-order valence-corrected chi connectivity index (χ0v) is 12.5. The number of halogens is 2. The number of nitrogens with one attached hydrogen (secondary N) is 2. The minimum Gasteiger partial charge on any atom is -0.465 e. The molecular weight excluding hydrogens is 318 g/mol. The van der Waals surface area contributed by atoms with Crippen LogP contribution in [0.1, 0.15) is 20.7 Å². The number of hydrogen-bond donors (Lipinski definition) is 2. The Bertz CT molecular complexity index is 950. The molecule has 0 aliphatic heterocycles. The fraction of sp³-hybridized carbons (Fsp3) is 0.0588. The van der Waals surface area contributed by atoms with Gasteiger partial charge in [-0.2, -0.15) is 0 Å². The van der Waals surface area contributed by atoms with E-state index in [4.69, 9.17) is 0 Å². The van der Waals surface area contributed by atoms with Gasteiger partial charge in [0, 0.05) is 11.7 Å². The maximum absolute atomic E-state index is 14.0. The summed E-state index contributed by atoms with van der Waals surface area (Å²) in [5.41, 5.74) is 0.585. The highest BCUT2D eigenvalue weighted by Gasteiger charge is 2.20. The smallest absolute Gasteiger partial charge is 0.339 e. The third-order valence-corrected chi connectivity index (χ3v) is 3.56. The first-order valence-corrected chi connectivity index (χ1v) is 6.96. The molecule has 122 valence electrons. The van der Waals surface area contributed by atoms with Crippen molar-refractivity contribution in [3.05, 3.63) is 65.4 Å². The molecule has 1 heterocycles. The van der Waals surface area contributed by atoms with Crippen LogP contribution in [0, 0.1) is 11.6 Å². The van der Waals surface area contributed by atoms with Crippen molar-refractivity contribution in [2.45, 2.75) is 0 Å². The third kappa shape index (κ3) is 2.60. The van der Waals surface area contributed by atoms with Crippen LogP contribution in [0.25, 0.3) is 10.9 Å². The highest BCUT2D eigenvalue weighted by Crippen LogP contribution is 2.25. The van der Waals surface area contributed by atoms with E-state index < -0.39 is 23.5 Å². The summed E-state index contributed by atoms with van der Waals surface area (Å²) in [7, 11) is 1.22. The number of benzene rings is 2. The van der Waals surface area contributed by atoms with E-state index in [-0.39, 0.29) is 22.2 Å². The average Bonchev–Trinajstić information content (AvgIpc) is 3.03. The lowest BCUT2D eigenvalue weighted by Crippen LogP contribution is -2.15. The number of H-pyrrole nitrogens is 1. The van der Waals surface area contributed by atoms with Crippen molar-refractivity contribution in [2.24, 2.45) is 0 Å². The number of carbonyl (C=O) groups is 2. The summed E-state index contributed by atoms with van der Waals surface area (Å²) in [4.78, 5) is 26.9. The standard InChI is InChI=1S/C17H12F2N2O3/c1-24-17(23)9-4-2-3-5-12(9)21-16(22)10-8-20-13-7-6-11(18)15(19)14(10)13/h2-8,20H,1H3,(H,21,22). The monoisotopic (exact) mass is 330 g/mol. The minimum atomic E-state index is -1.11. The van der Waals surface area contributed by atoms with E-state index in [0.717, 1.165) is 6.07 Å². The van der Waals surface area contributed by atoms with Crippen LogP contribution in [0.4, 0.5) is 14.5 Å². The van der Waals surface area contributed by atoms with Crippen molar-refractivity contribution in [1.82, 2.24) is 4.98 Å². The van der Waals surface area contributed by atoms with Crippen molar-refractivity contribution in [3.63, 3.8) is 0 Å². The maximum atomic E-state index is 14.0. The first-order valence-electron chi connectivity index (χ1n) is 6.96. The molecule has 3 aromatic rings. The number of rotatable bonds is 3. The van der Waals surface area contributed by atoms with Crippen LogP contribution in [0.2, 0.25) is 0 Å². The molecule has 0 saturated carbocycles. The number of aromatic amines is 1. The summed E-state index contributed by atoms with van der Waals surface area (Å²) in [5, 5.41) is 2.37. The fourth-order valence-electron chi connectivity index (χ4n) is 2.41. The maximum Gasteiger partial charge on any atom is 0.339 e. The van der Waals surface area contributed by atoms with Crippen LogP contribution in [0.15, 0.2) is 42.6 Å². The zero-order chi connectivity index (χ0) is 17.3. The Kier molecular flexibility index (Phi) is 3.99. The van der Waals surface area contributed by atoms with E-state index in [0.29, 0.717) is 5.52 Å². The zero-order valence-electron chi connectivity index (χ0n) is 12.5. The van der Waals surface area contributed by atoms with E-state index in [1.807, 2.05) is 0 Å². The minimum absolute atomic E-state index is 0.0679. The number of hydrogen-bond acceptors (Lipinski definition) is 3. The molecule has 24 heavy (non-hydrogen) atoms. The van der Waals surface area contributed by atoms with E-state index in [1.165, 1.54) is 31.5 Å². The Morgan fingerprint density at radius 1 is 1.08 bits per heavy atom. The van der Waals surface area contributed by atoms with Gasteiger partial charge >= 0.3 is 5.97 Å². The predicted molar refractivity (Wildman–Crippen MR) is 83.9 cm³/mol. The van der Waals surface area contributed by atoms with Gasteiger partial charge in [0.05, 0.1) is 29.3 Å². The van der Waals surface area contributed by atoms with Crippen LogP contribution in [0.5, 0.6) is 0 Å². The number of para-hydroxylation sites is 1. The van der Waals surface area contributed by atoms with Crippen LogP contribution in [0.3, 0.4) is 0 Å². The first-order chi connectivity index (χ1) is 11.5. The quantitative estimate of drug-likeness (QED) is 0.722. The average molecular weight is 330 g/mol. The molecular formula is C17H12F2N2O3. The molecule has 0 atom stereocenters. The van der Waals surface area contributed by atoms with Crippen LogP contribution < -0.4 is 5.32 Å². The summed E-state index contributed by atoms with van der Waals surface area (Å²) in [6.07, 6.45) is 1.28. The number of carbonyl (C=O) groups excluding carboxylic acids is 2. The Balaban J connectivity index is 2.00. The van der Waals surface area contributed by atoms with E-state index >= 15 is 0 Å². The van der Waals surface area contributed by atoms with Gasteiger partial charge in [0.2, 0.25) is 0 Å². The molecule has 2 N–H and O–H groups in total. The Hall–Kier alpha value is -3.22. The second kappa shape index (κ2) is 6.11. The summed E-state index contributed by atoms with van der Waals surface area (Å²) in [5.74, 6) is -3.46. The lowest BCUT2D eigenvalue weighted by atomic mass is 10.1. The number of anilines is 1. The van der Waals surface area contributed by atoms with Crippen molar-refractivity contribution in [2.75, 3.05) is 12.4 Å². The lowest BCUT2D eigenvalue weighted by molar-refractivity contribution is 0.0602. The normalized spacial score (nSPS) is 10.6. The summed E-state index contributed by atoms with van der Waals surface area (Å²) < 4.78 is 32.1. The van der Waals surface area contributed by atoms with Crippen LogP contribution >= 0.6 is 0 Å². The molecule has 7 heteroatoms. The predicted octanol–water partition coefficient (Wildman–Crippen LogP) is 3.49. The topological polar surface area (TPSA) is 71.2 Å². The lowest BCUT2D eigenvalue weighted by Gasteiger charge is -2.09. The van der Waals surface area contributed by atoms with Gasteiger partial charge in [0.25, 0.3) is 5.91 Å². The van der Waals surface area contributed by atoms with E-state index in [9.17, 15) is 18.4 Å². The van der Waals surface area contributed by atoms with Crippen molar-refractivity contribution < 1.29 is 23.1 Å². The second-order valence-corrected chi connectivity index (χ2v) is 4.98. The fourth-order valence-corrected chi connectivity index (χ4v) is 2.41. The number of aromatic nitrogens is 1. The van der Waals surface area contributed by atoms with Crippen molar-refractivity contribution in [1.29, 1.82) is 0 Å². The highest BCUT2D eigenvalue weighted by atomic mass is 19.2. The molecule has 0 fully saturated rings. The van der Waals surface area contributed by atoms with Gasteiger partial charge in [-0.25, -0.2) is 13.6 Å². The Labute approximate surface area is 135 Å². The number of esters is 1. The molecule has 1 aromatic heterocycles. The number of fused-ring (bicyclic) bond motifs is 1. The van der Waals surface area contributed by atoms with Gasteiger partial charge in [-0.1, -0.05) is 12.1 Å². The highest BCUT2D eigenvalue weighted by molar-refractivity contribution is 6.14. The molecule has 0 aliphatic rings. The van der Waals surface area contributed by atoms with Gasteiger partial charge < -0.3 is 15.0 Å². The molecule has 0 saturated heterocycles. The van der Waals surface area contributed by atoms with Gasteiger partial charge in [-0.15, -0.1) is 0 Å². The van der Waals surface area contributed by atoms with Crippen LogP contribution in [-0.2, 0) is 4.74 Å². The van der Waals surface area contributed by atoms with Gasteiger partial charge in [0.15, 0.2) is 11.6 Å². The van der Waals surface area contributed by atoms with Gasteiger partial charge in [0.1, 0.15) is 0 Å². The summed E-state index contributed by atoms with van der Waals surface area (Å²) in [6, 6.07) is 8.54. The van der Waals surface area contributed by atoms with E-state index in [1.54, 1.807) is 12.1 Å². The van der Waals surface area contributed by atoms with Gasteiger partial charge in [-0.05, 0) is 24.3 Å². The third-order valence-electron chi connectivity index (χ3n) is 3.56. The molecule has 5 nitrogen and oxygen atoms in total. The Morgan fingerprint density at radius 3 is 2.58 bits per heavy atom. The number of methoxy groups -OCH3 is 1. The molecule has 0 bridgehead atoms. The molecule has 3 rings (SSSR count). The second-order valence-electron chi connectivity index (χ2n) is 4.98. The summed E-state index contributed by atoms with van der Waals surface area (Å²) in [6.45, 7) is 0. The first kappa shape index (κ1) is 15.7. The largest absolute Gasteiger partial charge is 0.465 e. The molecule has 2 aromatic carbocycles. The van der Waals surface area contributed by atoms with Crippen molar-refractivity contribution >= 4 is 28.5 Å². The molecule has 0 unspecified atom stereocenters. The molecule has 1 amide bonds. The molecule has 0 spiro atoms. The van der Waals surface area contributed by atoms with E-state index in [2.05, 4.69) is 15.0 Å². The molecule has 0 radical (unpaired) electrons. The van der Waals surface area contributed by atoms with Crippen LogP contribution in [-0.4, -0.2) is 24.0 Å².